The van der Waals surface area contributed by atoms with Gasteiger partial charge in [0.2, 0.25) is 5.91 Å². The molecule has 0 radical (unpaired) electrons. The van der Waals surface area contributed by atoms with Gasteiger partial charge in [0.15, 0.2) is 5.16 Å². The topological polar surface area (TPSA) is 90.0 Å². The monoisotopic (exact) mass is 386 g/mol. The van der Waals surface area contributed by atoms with Gasteiger partial charge in [-0.05, 0) is 36.6 Å². The molecule has 3 aromatic rings. The first-order valence-electron chi connectivity index (χ1n) is 7.59. The molecule has 0 unspecified atom stereocenters. The van der Waals surface area contributed by atoms with Crippen molar-refractivity contribution < 1.29 is 9.59 Å². The summed E-state index contributed by atoms with van der Waals surface area (Å²) >= 11 is 7.38. The van der Waals surface area contributed by atoms with Crippen molar-refractivity contribution >= 4 is 40.9 Å². The van der Waals surface area contributed by atoms with Gasteiger partial charge in [-0.3, -0.25) is 14.2 Å². The van der Waals surface area contributed by atoms with Gasteiger partial charge in [0.1, 0.15) is 5.69 Å². The standard InChI is InChI=1S/C18H15ClN4O2S/c1-26-18-21-10-15(23(18)12-5-3-2-4-6-12)17(25)22-11-7-8-14(19)13(9-11)16(20)24/h2-10H,1H3,(H2,20,24)(H,22,25). The van der Waals surface area contributed by atoms with Crippen molar-refractivity contribution in [1.82, 2.24) is 9.55 Å². The van der Waals surface area contributed by atoms with E-state index in [1.54, 1.807) is 10.6 Å². The number of imidazole rings is 1. The molecule has 0 aliphatic rings. The first-order valence-corrected chi connectivity index (χ1v) is 9.19. The van der Waals surface area contributed by atoms with Crippen molar-refractivity contribution in [2.24, 2.45) is 5.73 Å². The summed E-state index contributed by atoms with van der Waals surface area (Å²) < 4.78 is 1.77. The number of carbonyl (C=O) groups is 2. The van der Waals surface area contributed by atoms with Gasteiger partial charge in [-0.15, -0.1) is 0 Å². The maximum absolute atomic E-state index is 12.8. The van der Waals surface area contributed by atoms with Crippen LogP contribution in [0.2, 0.25) is 5.02 Å². The van der Waals surface area contributed by atoms with E-state index in [2.05, 4.69) is 10.3 Å². The summed E-state index contributed by atoms with van der Waals surface area (Å²) in [6.45, 7) is 0. The van der Waals surface area contributed by atoms with Crippen LogP contribution in [0.5, 0.6) is 0 Å². The highest BCUT2D eigenvalue weighted by molar-refractivity contribution is 7.98. The summed E-state index contributed by atoms with van der Waals surface area (Å²) in [4.78, 5) is 28.5. The quantitative estimate of drug-likeness (QED) is 0.655. The second-order valence-corrected chi connectivity index (χ2v) is 6.49. The number of nitrogens with two attached hydrogens (primary N) is 1. The number of anilines is 1. The van der Waals surface area contributed by atoms with Crippen LogP contribution in [0.15, 0.2) is 59.9 Å². The highest BCUT2D eigenvalue weighted by Gasteiger charge is 2.18. The lowest BCUT2D eigenvalue weighted by Crippen LogP contribution is -2.18. The van der Waals surface area contributed by atoms with E-state index in [1.807, 2.05) is 36.6 Å². The number of carbonyl (C=O) groups excluding carboxylic acids is 2. The van der Waals surface area contributed by atoms with Crippen molar-refractivity contribution in [3.05, 3.63) is 71.0 Å². The Morgan fingerprint density at radius 1 is 1.19 bits per heavy atom. The summed E-state index contributed by atoms with van der Waals surface area (Å²) in [5.74, 6) is -1.02. The molecule has 0 atom stereocenters. The van der Waals surface area contributed by atoms with E-state index in [-0.39, 0.29) is 16.5 Å². The van der Waals surface area contributed by atoms with Crippen LogP contribution in [0.25, 0.3) is 5.69 Å². The minimum atomic E-state index is -0.662. The van der Waals surface area contributed by atoms with Gasteiger partial charge in [0.05, 0.1) is 16.8 Å². The van der Waals surface area contributed by atoms with Gasteiger partial charge in [0, 0.05) is 11.4 Å². The fourth-order valence-corrected chi connectivity index (χ4v) is 3.21. The van der Waals surface area contributed by atoms with Crippen LogP contribution in [-0.4, -0.2) is 27.6 Å². The highest BCUT2D eigenvalue weighted by Crippen LogP contribution is 2.24. The molecule has 3 N–H and O–H groups in total. The number of thioether (sulfide) groups is 1. The number of aromatic nitrogens is 2. The van der Waals surface area contributed by atoms with Crippen molar-refractivity contribution in [2.45, 2.75) is 5.16 Å². The number of halogens is 1. The molecule has 2 amide bonds. The lowest BCUT2D eigenvalue weighted by Gasteiger charge is -2.12. The van der Waals surface area contributed by atoms with E-state index in [0.717, 1.165) is 5.69 Å². The molecule has 3 rings (SSSR count). The molecular formula is C18H15ClN4O2S. The number of amides is 2. The van der Waals surface area contributed by atoms with Crippen molar-refractivity contribution in [3.63, 3.8) is 0 Å². The van der Waals surface area contributed by atoms with Crippen LogP contribution in [-0.2, 0) is 0 Å². The van der Waals surface area contributed by atoms with E-state index < -0.39 is 5.91 Å². The summed E-state index contributed by atoms with van der Waals surface area (Å²) in [7, 11) is 0. The molecule has 0 fully saturated rings. The zero-order chi connectivity index (χ0) is 18.7. The number of primary amides is 1. The van der Waals surface area contributed by atoms with Crippen LogP contribution in [0.1, 0.15) is 20.8 Å². The Labute approximate surface area is 159 Å². The average molecular weight is 387 g/mol. The smallest absolute Gasteiger partial charge is 0.274 e. The van der Waals surface area contributed by atoms with Crippen molar-refractivity contribution in [1.29, 1.82) is 0 Å². The number of nitrogens with one attached hydrogen (secondary N) is 1. The molecule has 8 heteroatoms. The van der Waals surface area contributed by atoms with E-state index >= 15 is 0 Å². The molecule has 0 bridgehead atoms. The zero-order valence-electron chi connectivity index (χ0n) is 13.8. The fraction of sp³-hybridized carbons (Fsp3) is 0.0556. The number of benzene rings is 2. The van der Waals surface area contributed by atoms with Crippen LogP contribution < -0.4 is 11.1 Å². The third kappa shape index (κ3) is 3.58. The normalized spacial score (nSPS) is 10.5. The number of nitrogens with zero attached hydrogens (tertiary/aromatic N) is 2. The van der Waals surface area contributed by atoms with E-state index in [9.17, 15) is 9.59 Å². The Morgan fingerprint density at radius 3 is 2.58 bits per heavy atom. The minimum absolute atomic E-state index is 0.144. The number of hydrogen-bond acceptors (Lipinski definition) is 4. The molecule has 132 valence electrons. The first-order chi connectivity index (χ1) is 12.5. The minimum Gasteiger partial charge on any atom is -0.366 e. The highest BCUT2D eigenvalue weighted by atomic mass is 35.5. The Kier molecular flexibility index (Phi) is 5.29. The lowest BCUT2D eigenvalue weighted by atomic mass is 10.2. The second-order valence-electron chi connectivity index (χ2n) is 5.31. The maximum atomic E-state index is 12.8. The molecular weight excluding hydrogens is 372 g/mol. The Hall–Kier alpha value is -2.77. The van der Waals surface area contributed by atoms with Gasteiger partial charge in [-0.2, -0.15) is 0 Å². The van der Waals surface area contributed by atoms with Gasteiger partial charge >= 0.3 is 0 Å². The van der Waals surface area contributed by atoms with Gasteiger partial charge in [-0.1, -0.05) is 41.6 Å². The molecule has 0 aliphatic heterocycles. The Bertz CT molecular complexity index is 973. The summed E-state index contributed by atoms with van der Waals surface area (Å²) in [6, 6.07) is 14.0. The molecule has 2 aromatic carbocycles. The van der Waals surface area contributed by atoms with E-state index in [0.29, 0.717) is 16.5 Å². The molecule has 6 nitrogen and oxygen atoms in total. The van der Waals surface area contributed by atoms with Gasteiger partial charge in [-0.25, -0.2) is 4.98 Å². The third-order valence-electron chi connectivity index (χ3n) is 3.65. The van der Waals surface area contributed by atoms with Crippen LogP contribution in [0.4, 0.5) is 5.69 Å². The summed E-state index contributed by atoms with van der Waals surface area (Å²) in [5, 5.41) is 3.67. The Balaban J connectivity index is 1.96. The SMILES string of the molecule is CSc1ncc(C(=O)Nc2ccc(Cl)c(C(N)=O)c2)n1-c1ccccc1. The fourth-order valence-electron chi connectivity index (χ4n) is 2.45. The largest absolute Gasteiger partial charge is 0.366 e. The predicted molar refractivity (Wildman–Crippen MR) is 103 cm³/mol. The van der Waals surface area contributed by atoms with Crippen LogP contribution in [0, 0.1) is 0 Å². The molecule has 0 saturated heterocycles. The van der Waals surface area contributed by atoms with Crippen molar-refractivity contribution in [3.8, 4) is 5.69 Å². The molecule has 0 saturated carbocycles. The van der Waals surface area contributed by atoms with E-state index in [1.165, 1.54) is 30.1 Å². The predicted octanol–water partition coefficient (Wildman–Crippen LogP) is 3.60. The lowest BCUT2D eigenvalue weighted by molar-refractivity contribution is 0.0995. The molecule has 0 aliphatic carbocycles. The van der Waals surface area contributed by atoms with Gasteiger partial charge in [0.25, 0.3) is 5.91 Å². The number of para-hydroxylation sites is 1. The number of hydrogen-bond donors (Lipinski definition) is 2. The zero-order valence-corrected chi connectivity index (χ0v) is 15.3. The second kappa shape index (κ2) is 7.63. The Morgan fingerprint density at radius 2 is 1.92 bits per heavy atom. The molecule has 0 spiro atoms. The van der Waals surface area contributed by atoms with E-state index in [4.69, 9.17) is 17.3 Å². The molecule has 26 heavy (non-hydrogen) atoms. The molecule has 1 heterocycles. The van der Waals surface area contributed by atoms with Crippen LogP contribution in [0.3, 0.4) is 0 Å². The number of rotatable bonds is 5. The molecule has 1 aromatic heterocycles. The van der Waals surface area contributed by atoms with Crippen molar-refractivity contribution in [2.75, 3.05) is 11.6 Å². The van der Waals surface area contributed by atoms with Gasteiger partial charge < -0.3 is 11.1 Å². The third-order valence-corrected chi connectivity index (χ3v) is 4.63. The average Bonchev–Trinajstić information content (AvgIpc) is 3.08. The first kappa shape index (κ1) is 18.0. The summed E-state index contributed by atoms with van der Waals surface area (Å²) in [5.41, 5.74) is 7.05. The summed E-state index contributed by atoms with van der Waals surface area (Å²) in [6.07, 6.45) is 3.40. The maximum Gasteiger partial charge on any atom is 0.274 e. The van der Waals surface area contributed by atoms with Crippen LogP contribution >= 0.6 is 23.4 Å².